The Morgan fingerprint density at radius 2 is 0.805 bits per heavy atom. The molecule has 41 heavy (non-hydrogen) atoms. The molecule has 2 aliphatic rings. The molecule has 0 fully saturated rings. The van der Waals surface area contributed by atoms with Crippen molar-refractivity contribution in [3.63, 3.8) is 0 Å². The SMILES string of the molecule is CC1=CCC(C)=[C]1[Zr+2][C]1=C(C)CC=C1C.Cc1cc(C)c(S(=O)(=O)[O-])c(C)c1.Cc1cc(C)c(S(=O)(=O)[O-])c(C)c1. The van der Waals surface area contributed by atoms with Gasteiger partial charge in [0.05, 0.1) is 9.79 Å². The van der Waals surface area contributed by atoms with Gasteiger partial charge in [0.1, 0.15) is 20.2 Å². The first-order valence-electron chi connectivity index (χ1n) is 13.3. The molecule has 0 aromatic heterocycles. The van der Waals surface area contributed by atoms with Crippen LogP contribution >= 0.6 is 0 Å². The van der Waals surface area contributed by atoms with Crippen molar-refractivity contribution in [1.29, 1.82) is 0 Å². The maximum Gasteiger partial charge on any atom is 0.124 e. The molecule has 0 amide bonds. The van der Waals surface area contributed by atoms with Crippen molar-refractivity contribution in [3.05, 3.63) is 98.7 Å². The molecule has 0 saturated heterocycles. The zero-order valence-corrected chi connectivity index (χ0v) is 29.7. The number of allylic oxidation sites excluding steroid dienone is 8. The van der Waals surface area contributed by atoms with Crippen LogP contribution in [0.2, 0.25) is 0 Å². The minimum atomic E-state index is -4.33. The molecule has 0 atom stereocenters. The van der Waals surface area contributed by atoms with E-state index in [2.05, 4.69) is 39.8 Å². The Hall–Kier alpha value is -1.90. The second-order valence-corrected chi connectivity index (χ2v) is 16.7. The molecule has 0 spiro atoms. The average molecular weight is 676 g/mol. The Kier molecular flexibility index (Phi) is 12.1. The smallest absolute Gasteiger partial charge is 0.124 e. The third-order valence-corrected chi connectivity index (χ3v) is 14.6. The van der Waals surface area contributed by atoms with Crippen LogP contribution in [0.3, 0.4) is 0 Å². The zero-order valence-electron chi connectivity index (χ0n) is 25.6. The van der Waals surface area contributed by atoms with Gasteiger partial charge in [-0.15, -0.1) is 0 Å². The van der Waals surface area contributed by atoms with Crippen LogP contribution in [0.4, 0.5) is 0 Å². The minimum absolute atomic E-state index is 0.0851. The van der Waals surface area contributed by atoms with Crippen molar-refractivity contribution in [1.82, 2.24) is 0 Å². The first-order valence-corrected chi connectivity index (χ1v) is 18.6. The van der Waals surface area contributed by atoms with Crippen LogP contribution in [0.25, 0.3) is 0 Å². The first kappa shape index (κ1) is 35.3. The number of hydrogen-bond donors (Lipinski definition) is 0. The molecular weight excluding hydrogens is 636 g/mol. The van der Waals surface area contributed by atoms with Gasteiger partial charge in [0.15, 0.2) is 0 Å². The van der Waals surface area contributed by atoms with Crippen LogP contribution in [0.5, 0.6) is 0 Å². The number of rotatable bonds is 4. The number of benzene rings is 2. The van der Waals surface area contributed by atoms with Crippen LogP contribution in [-0.4, -0.2) is 25.9 Å². The van der Waals surface area contributed by atoms with Crippen molar-refractivity contribution in [2.45, 2.75) is 91.9 Å². The zero-order chi connectivity index (χ0) is 31.4. The van der Waals surface area contributed by atoms with E-state index >= 15 is 0 Å². The molecule has 9 heteroatoms. The third kappa shape index (κ3) is 9.55. The molecule has 2 aromatic rings. The summed E-state index contributed by atoms with van der Waals surface area (Å²) in [5, 5.41) is 0. The van der Waals surface area contributed by atoms with E-state index in [0.717, 1.165) is 11.1 Å². The van der Waals surface area contributed by atoms with Crippen LogP contribution in [0, 0.1) is 41.5 Å². The predicted octanol–water partition coefficient (Wildman–Crippen LogP) is 7.35. The molecule has 0 bridgehead atoms. The van der Waals surface area contributed by atoms with Gasteiger partial charge in [-0.3, -0.25) is 0 Å². The summed E-state index contributed by atoms with van der Waals surface area (Å²) >= 11 is -0.507. The van der Waals surface area contributed by atoms with Gasteiger partial charge in [0.25, 0.3) is 0 Å². The van der Waals surface area contributed by atoms with Crippen LogP contribution in [0.15, 0.2) is 75.1 Å². The van der Waals surface area contributed by atoms with Gasteiger partial charge in [0.2, 0.25) is 0 Å². The summed E-state index contributed by atoms with van der Waals surface area (Å²) in [5.74, 6) is 0. The molecule has 0 saturated carbocycles. The monoisotopic (exact) mass is 674 g/mol. The molecule has 0 N–H and O–H groups in total. The van der Waals surface area contributed by atoms with Crippen LogP contribution in [0.1, 0.15) is 73.9 Å². The van der Waals surface area contributed by atoms with E-state index in [-0.39, 0.29) is 9.79 Å². The van der Waals surface area contributed by atoms with Gasteiger partial charge in [-0.25, -0.2) is 16.8 Å². The Labute approximate surface area is 258 Å². The summed E-state index contributed by atoms with van der Waals surface area (Å²) in [7, 11) is -8.66. The van der Waals surface area contributed by atoms with E-state index in [1.165, 1.54) is 12.8 Å². The minimum Gasteiger partial charge on any atom is -0.744 e. The van der Waals surface area contributed by atoms with Crippen LogP contribution < -0.4 is 0 Å². The van der Waals surface area contributed by atoms with Gasteiger partial charge in [-0.1, -0.05) is 35.4 Å². The standard InChI is InChI=1S/2C9H12O3S.2C7H9.Zr/c2*1-6-4-7(2)9(8(3)5-6)13(10,11)12;2*1-6-3-4-7(2)5-6;/h2*4-5H,1-3H3,(H,10,11,12);2*3H,4H2,1-2H3;/q;;;;+2/p-2. The second-order valence-electron chi connectivity index (χ2n) is 11.0. The fourth-order valence-corrected chi connectivity index (χ4v) is 10.8. The maximum atomic E-state index is 10.8. The van der Waals surface area contributed by atoms with Crippen molar-refractivity contribution in [3.8, 4) is 0 Å². The van der Waals surface area contributed by atoms with Crippen molar-refractivity contribution in [2.75, 3.05) is 0 Å². The molecule has 2 aromatic carbocycles. The van der Waals surface area contributed by atoms with E-state index in [1.807, 2.05) is 13.8 Å². The molecular formula is C32H40O6S2Zr. The molecule has 4 rings (SSSR count). The quantitative estimate of drug-likeness (QED) is 0.313. The summed E-state index contributed by atoms with van der Waals surface area (Å²) in [6.07, 6.45) is 7.21. The first-order chi connectivity index (χ1) is 18.7. The Morgan fingerprint density at radius 3 is 1.00 bits per heavy atom. The molecule has 0 unspecified atom stereocenters. The molecule has 6 nitrogen and oxygen atoms in total. The Morgan fingerprint density at radius 1 is 0.537 bits per heavy atom. The van der Waals surface area contributed by atoms with Crippen molar-refractivity contribution >= 4 is 20.2 Å². The topological polar surface area (TPSA) is 114 Å². The summed E-state index contributed by atoms with van der Waals surface area (Å²) in [6, 6.07) is 6.77. The maximum absolute atomic E-state index is 10.8. The van der Waals surface area contributed by atoms with E-state index in [4.69, 9.17) is 0 Å². The number of hydrogen-bond acceptors (Lipinski definition) is 6. The summed E-state index contributed by atoms with van der Waals surface area (Å²) < 4.78 is 68.5. The van der Waals surface area contributed by atoms with E-state index in [9.17, 15) is 25.9 Å². The number of aryl methyl sites for hydroxylation is 6. The molecule has 2 aliphatic carbocycles. The van der Waals surface area contributed by atoms with Crippen LogP contribution in [-0.2, 0) is 43.5 Å². The van der Waals surface area contributed by atoms with E-state index in [0.29, 0.717) is 22.3 Å². The van der Waals surface area contributed by atoms with Gasteiger partial charge >= 0.3 is 105 Å². The fourth-order valence-electron chi connectivity index (χ4n) is 5.35. The van der Waals surface area contributed by atoms with E-state index in [1.54, 1.807) is 80.8 Å². The Balaban J connectivity index is 0.000000216. The van der Waals surface area contributed by atoms with Gasteiger partial charge in [-0.05, 0) is 63.8 Å². The third-order valence-electron chi connectivity index (χ3n) is 7.03. The van der Waals surface area contributed by atoms with Gasteiger partial charge in [0, 0.05) is 0 Å². The van der Waals surface area contributed by atoms with Gasteiger partial charge < -0.3 is 9.11 Å². The Bertz CT molecular complexity index is 1520. The van der Waals surface area contributed by atoms with Crippen molar-refractivity contribution < 1.29 is 49.2 Å². The fraction of sp³-hybridized carbons (Fsp3) is 0.375. The largest absolute Gasteiger partial charge is 0.744 e. The molecule has 0 aliphatic heterocycles. The predicted molar refractivity (Wildman–Crippen MR) is 159 cm³/mol. The normalized spacial score (nSPS) is 15.0. The molecule has 220 valence electrons. The second kappa shape index (κ2) is 14.0. The average Bonchev–Trinajstić information content (AvgIpc) is 3.27. The molecule has 0 heterocycles. The van der Waals surface area contributed by atoms with Gasteiger partial charge in [-0.2, -0.15) is 0 Å². The van der Waals surface area contributed by atoms with Crippen molar-refractivity contribution in [2.24, 2.45) is 0 Å². The van der Waals surface area contributed by atoms with E-state index < -0.39 is 43.5 Å². The molecule has 0 radical (unpaired) electrons. The summed E-state index contributed by atoms with van der Waals surface area (Å²) in [4.78, 5) is -0.170. The summed E-state index contributed by atoms with van der Waals surface area (Å²) in [6.45, 7) is 19.4. The summed E-state index contributed by atoms with van der Waals surface area (Å²) in [5.41, 5.74) is 10.4.